The van der Waals surface area contributed by atoms with E-state index in [9.17, 15) is 4.79 Å². The number of hydrogen-bond acceptors (Lipinski definition) is 2. The highest BCUT2D eigenvalue weighted by molar-refractivity contribution is 9.10. The molecule has 0 aromatic heterocycles. The van der Waals surface area contributed by atoms with Crippen LogP contribution < -0.4 is 4.74 Å². The zero-order valence-corrected chi connectivity index (χ0v) is 13.0. The van der Waals surface area contributed by atoms with Gasteiger partial charge in [0.2, 0.25) is 0 Å². The summed E-state index contributed by atoms with van der Waals surface area (Å²) in [7, 11) is 1.63. The number of aryl methyl sites for hydroxylation is 1. The Bertz CT molecular complexity index is 579. The van der Waals surface area contributed by atoms with Crippen molar-refractivity contribution >= 4 is 21.7 Å². The first-order chi connectivity index (χ1) is 9.69. The lowest BCUT2D eigenvalue weighted by atomic mass is 10.0. The Morgan fingerprint density at radius 2 is 1.90 bits per heavy atom. The molecule has 0 radical (unpaired) electrons. The number of carbonyl (C=O) groups excluding carboxylic acids is 1. The molecule has 0 fully saturated rings. The number of carbonyl (C=O) groups is 1. The number of halogens is 1. The molecule has 104 valence electrons. The molecule has 0 N–H and O–H groups in total. The Morgan fingerprint density at radius 3 is 2.60 bits per heavy atom. The summed E-state index contributed by atoms with van der Waals surface area (Å²) in [6, 6.07) is 15.8. The predicted octanol–water partition coefficient (Wildman–Crippen LogP) is 4.20. The van der Waals surface area contributed by atoms with Crippen LogP contribution in [0.3, 0.4) is 0 Å². The number of methoxy groups -OCH3 is 1. The first-order valence-electron chi connectivity index (χ1n) is 6.57. The number of ether oxygens (including phenoxy) is 1. The lowest BCUT2D eigenvalue weighted by Gasteiger charge is -2.07. The Balaban J connectivity index is 1.94. The molecule has 0 amide bonds. The summed E-state index contributed by atoms with van der Waals surface area (Å²) >= 11 is 3.48. The summed E-state index contributed by atoms with van der Waals surface area (Å²) < 4.78 is 6.14. The summed E-state index contributed by atoms with van der Waals surface area (Å²) in [5, 5.41) is 0. The fourth-order valence-electron chi connectivity index (χ4n) is 2.04. The molecular weight excluding hydrogens is 316 g/mol. The molecule has 0 aliphatic heterocycles. The van der Waals surface area contributed by atoms with Crippen LogP contribution in [0.15, 0.2) is 53.0 Å². The van der Waals surface area contributed by atoms with E-state index in [1.54, 1.807) is 7.11 Å². The summed E-state index contributed by atoms with van der Waals surface area (Å²) in [5.74, 6) is 1.02. The second-order valence-electron chi connectivity index (χ2n) is 4.66. The number of benzene rings is 2. The van der Waals surface area contributed by atoms with E-state index in [-0.39, 0.29) is 5.78 Å². The van der Waals surface area contributed by atoms with Crippen LogP contribution in [0.1, 0.15) is 17.5 Å². The molecule has 20 heavy (non-hydrogen) atoms. The zero-order valence-electron chi connectivity index (χ0n) is 11.4. The molecule has 2 aromatic rings. The number of Topliss-reactive ketones (excluding diaryl/α,β-unsaturated/α-hetero) is 1. The summed E-state index contributed by atoms with van der Waals surface area (Å²) in [4.78, 5) is 12.1. The second-order valence-corrected chi connectivity index (χ2v) is 5.51. The van der Waals surface area contributed by atoms with Crippen molar-refractivity contribution in [3.05, 3.63) is 64.1 Å². The molecule has 2 rings (SSSR count). The average Bonchev–Trinajstić information content (AvgIpc) is 2.48. The van der Waals surface area contributed by atoms with Gasteiger partial charge in [0, 0.05) is 17.3 Å². The normalized spacial score (nSPS) is 10.3. The first kappa shape index (κ1) is 14.8. The van der Waals surface area contributed by atoms with Crippen molar-refractivity contribution < 1.29 is 9.53 Å². The predicted molar refractivity (Wildman–Crippen MR) is 84.2 cm³/mol. The molecule has 0 spiro atoms. The lowest BCUT2D eigenvalue weighted by molar-refractivity contribution is -0.118. The highest BCUT2D eigenvalue weighted by Crippen LogP contribution is 2.23. The molecule has 0 atom stereocenters. The average molecular weight is 333 g/mol. The van der Waals surface area contributed by atoms with E-state index in [0.29, 0.717) is 12.8 Å². The van der Waals surface area contributed by atoms with Crippen LogP contribution in [0.25, 0.3) is 0 Å². The van der Waals surface area contributed by atoms with Gasteiger partial charge in [0.05, 0.1) is 7.11 Å². The van der Waals surface area contributed by atoms with Crippen molar-refractivity contribution in [1.82, 2.24) is 0 Å². The summed E-state index contributed by atoms with van der Waals surface area (Å²) in [6.45, 7) is 0. The Kier molecular flexibility index (Phi) is 5.36. The third kappa shape index (κ3) is 4.20. The Labute approximate surface area is 127 Å². The van der Waals surface area contributed by atoms with Gasteiger partial charge in [-0.15, -0.1) is 0 Å². The number of hydrogen-bond donors (Lipinski definition) is 0. The maximum atomic E-state index is 12.1. The third-order valence-corrected chi connectivity index (χ3v) is 3.95. The van der Waals surface area contributed by atoms with Crippen LogP contribution in [-0.2, 0) is 17.6 Å². The van der Waals surface area contributed by atoms with Crippen LogP contribution in [0.4, 0.5) is 0 Å². The zero-order chi connectivity index (χ0) is 14.4. The van der Waals surface area contributed by atoms with Gasteiger partial charge < -0.3 is 4.74 Å². The lowest BCUT2D eigenvalue weighted by Crippen LogP contribution is -2.05. The third-order valence-electron chi connectivity index (χ3n) is 3.18. The van der Waals surface area contributed by atoms with Crippen molar-refractivity contribution in [2.45, 2.75) is 19.3 Å². The Morgan fingerprint density at radius 1 is 1.15 bits per heavy atom. The SMILES string of the molecule is COc1ccc(Br)c(CC(=O)CCc2ccccc2)c1. The highest BCUT2D eigenvalue weighted by atomic mass is 79.9. The van der Waals surface area contributed by atoms with Crippen LogP contribution in [0, 0.1) is 0 Å². The van der Waals surface area contributed by atoms with E-state index >= 15 is 0 Å². The van der Waals surface area contributed by atoms with Crippen LogP contribution in [-0.4, -0.2) is 12.9 Å². The van der Waals surface area contributed by atoms with Crippen molar-refractivity contribution in [2.24, 2.45) is 0 Å². The van der Waals surface area contributed by atoms with Crippen molar-refractivity contribution in [1.29, 1.82) is 0 Å². The van der Waals surface area contributed by atoms with Gasteiger partial charge in [-0.3, -0.25) is 4.79 Å². The topological polar surface area (TPSA) is 26.3 Å². The fourth-order valence-corrected chi connectivity index (χ4v) is 2.43. The van der Waals surface area contributed by atoms with E-state index in [0.717, 1.165) is 22.2 Å². The minimum Gasteiger partial charge on any atom is -0.497 e. The van der Waals surface area contributed by atoms with Crippen LogP contribution >= 0.6 is 15.9 Å². The molecular formula is C17H17BrO2. The van der Waals surface area contributed by atoms with Gasteiger partial charge in [0.1, 0.15) is 11.5 Å². The van der Waals surface area contributed by atoms with Crippen molar-refractivity contribution in [3.63, 3.8) is 0 Å². The van der Waals surface area contributed by atoms with E-state index in [2.05, 4.69) is 28.1 Å². The molecule has 0 heterocycles. The van der Waals surface area contributed by atoms with Crippen molar-refractivity contribution in [2.75, 3.05) is 7.11 Å². The summed E-state index contributed by atoms with van der Waals surface area (Å²) in [5.41, 5.74) is 2.17. The molecule has 2 aromatic carbocycles. The summed E-state index contributed by atoms with van der Waals surface area (Å²) in [6.07, 6.45) is 1.79. The molecule has 0 aliphatic rings. The number of rotatable bonds is 6. The van der Waals surface area contributed by atoms with Crippen LogP contribution in [0.2, 0.25) is 0 Å². The standard InChI is InChI=1S/C17H17BrO2/c1-20-16-9-10-17(18)14(12-16)11-15(19)8-7-13-5-3-2-4-6-13/h2-6,9-10,12H,7-8,11H2,1H3. The second kappa shape index (κ2) is 7.25. The molecule has 2 nitrogen and oxygen atoms in total. The number of ketones is 1. The van der Waals surface area contributed by atoms with E-state index in [4.69, 9.17) is 4.74 Å². The van der Waals surface area contributed by atoms with Gasteiger partial charge >= 0.3 is 0 Å². The molecule has 0 unspecified atom stereocenters. The van der Waals surface area contributed by atoms with Gasteiger partial charge in [0.25, 0.3) is 0 Å². The Hall–Kier alpha value is -1.61. The molecule has 0 saturated carbocycles. The monoisotopic (exact) mass is 332 g/mol. The van der Waals surface area contributed by atoms with Crippen molar-refractivity contribution in [3.8, 4) is 5.75 Å². The van der Waals surface area contributed by atoms with Gasteiger partial charge in [-0.05, 0) is 35.7 Å². The van der Waals surface area contributed by atoms with E-state index < -0.39 is 0 Å². The van der Waals surface area contributed by atoms with E-state index in [1.165, 1.54) is 5.56 Å². The quantitative estimate of drug-likeness (QED) is 0.792. The minimum atomic E-state index is 0.239. The van der Waals surface area contributed by atoms with Gasteiger partial charge in [-0.2, -0.15) is 0 Å². The maximum absolute atomic E-state index is 12.1. The van der Waals surface area contributed by atoms with Crippen LogP contribution in [0.5, 0.6) is 5.75 Å². The van der Waals surface area contributed by atoms with Gasteiger partial charge in [-0.25, -0.2) is 0 Å². The molecule has 0 bridgehead atoms. The van der Waals surface area contributed by atoms with Gasteiger partial charge in [0.15, 0.2) is 0 Å². The first-order valence-corrected chi connectivity index (χ1v) is 7.36. The molecule has 0 aliphatic carbocycles. The largest absolute Gasteiger partial charge is 0.497 e. The van der Waals surface area contributed by atoms with E-state index in [1.807, 2.05) is 36.4 Å². The fraction of sp³-hybridized carbons (Fsp3) is 0.235. The minimum absolute atomic E-state index is 0.239. The molecule has 3 heteroatoms. The van der Waals surface area contributed by atoms with Gasteiger partial charge in [-0.1, -0.05) is 46.3 Å². The molecule has 0 saturated heterocycles. The smallest absolute Gasteiger partial charge is 0.137 e. The highest BCUT2D eigenvalue weighted by Gasteiger charge is 2.08. The maximum Gasteiger partial charge on any atom is 0.137 e.